The lowest BCUT2D eigenvalue weighted by Crippen LogP contribution is -2.19. The number of nitrogens with zero attached hydrogens (tertiary/aromatic N) is 2. The van der Waals surface area contributed by atoms with Crippen LogP contribution in [0.25, 0.3) is 11.1 Å². The van der Waals surface area contributed by atoms with Crippen molar-refractivity contribution in [1.82, 2.24) is 9.78 Å². The normalized spacial score (nSPS) is 15.3. The number of aliphatic carboxylic acids is 1. The Morgan fingerprint density at radius 1 is 1.13 bits per heavy atom. The average molecular weight is 405 g/mol. The van der Waals surface area contributed by atoms with Gasteiger partial charge in [0.1, 0.15) is 11.9 Å². The third-order valence-electron chi connectivity index (χ3n) is 5.62. The van der Waals surface area contributed by atoms with Crippen molar-refractivity contribution in [3.05, 3.63) is 71.9 Å². The van der Waals surface area contributed by atoms with Crippen molar-refractivity contribution in [2.75, 3.05) is 5.32 Å². The van der Waals surface area contributed by atoms with Crippen LogP contribution in [0.5, 0.6) is 0 Å². The molecule has 1 fully saturated rings. The van der Waals surface area contributed by atoms with Crippen LogP contribution in [-0.4, -0.2) is 26.9 Å². The molecule has 1 saturated carbocycles. The summed E-state index contributed by atoms with van der Waals surface area (Å²) < 4.78 is 7.06. The van der Waals surface area contributed by atoms with Gasteiger partial charge in [-0.25, -0.2) is 4.79 Å². The highest BCUT2D eigenvalue weighted by Crippen LogP contribution is 2.48. The largest absolute Gasteiger partial charge is 0.481 e. The van der Waals surface area contributed by atoms with E-state index in [0.29, 0.717) is 18.7 Å². The minimum absolute atomic E-state index is 0.395. The number of carboxylic acids is 1. The highest BCUT2D eigenvalue weighted by atomic mass is 16.6. The molecule has 30 heavy (non-hydrogen) atoms. The molecule has 3 aromatic rings. The number of nitrogens with one attached hydrogen (secondary N) is 1. The van der Waals surface area contributed by atoms with E-state index in [1.807, 2.05) is 61.5 Å². The maximum atomic E-state index is 12.5. The highest BCUT2D eigenvalue weighted by Gasteiger charge is 2.51. The Balaban J connectivity index is 1.51. The second-order valence-electron chi connectivity index (χ2n) is 7.58. The third kappa shape index (κ3) is 3.66. The Morgan fingerprint density at radius 3 is 2.40 bits per heavy atom. The number of hydrogen-bond donors (Lipinski definition) is 2. The first-order valence-corrected chi connectivity index (χ1v) is 9.79. The molecule has 0 spiro atoms. The number of rotatable bonds is 6. The van der Waals surface area contributed by atoms with E-state index < -0.39 is 23.6 Å². The van der Waals surface area contributed by atoms with Crippen LogP contribution in [0, 0.1) is 0 Å². The molecule has 2 aromatic carbocycles. The maximum Gasteiger partial charge on any atom is 0.413 e. The summed E-state index contributed by atoms with van der Waals surface area (Å²) >= 11 is 0. The Hall–Kier alpha value is -3.61. The van der Waals surface area contributed by atoms with Gasteiger partial charge in [0.2, 0.25) is 0 Å². The van der Waals surface area contributed by atoms with Gasteiger partial charge in [0.15, 0.2) is 0 Å². The summed E-state index contributed by atoms with van der Waals surface area (Å²) in [4.78, 5) is 24.0. The first kappa shape index (κ1) is 19.7. The van der Waals surface area contributed by atoms with E-state index in [4.69, 9.17) is 4.74 Å². The molecule has 154 valence electrons. The van der Waals surface area contributed by atoms with Crippen LogP contribution in [0.2, 0.25) is 0 Å². The van der Waals surface area contributed by atoms with Gasteiger partial charge in [0.05, 0.1) is 11.6 Å². The SMILES string of the molecule is C[C@@H](OC(=O)Nc1c(-c2ccc(C3(C(=O)O)CC3)cc2)cnn1C)c1ccccc1. The van der Waals surface area contributed by atoms with Crippen molar-refractivity contribution < 1.29 is 19.4 Å². The molecule has 4 rings (SSSR count). The second kappa shape index (κ2) is 7.67. The monoisotopic (exact) mass is 405 g/mol. The van der Waals surface area contributed by atoms with E-state index in [-0.39, 0.29) is 0 Å². The van der Waals surface area contributed by atoms with E-state index >= 15 is 0 Å². The Bertz CT molecular complexity index is 1070. The third-order valence-corrected chi connectivity index (χ3v) is 5.62. The Kier molecular flexibility index (Phi) is 5.03. The number of carbonyl (C=O) groups excluding carboxylic acids is 1. The number of carboxylic acid groups (broad SMARTS) is 1. The zero-order chi connectivity index (χ0) is 21.3. The molecule has 0 radical (unpaired) electrons. The van der Waals surface area contributed by atoms with Crippen molar-refractivity contribution in [1.29, 1.82) is 0 Å². The molecule has 1 atom stereocenters. The quantitative estimate of drug-likeness (QED) is 0.629. The van der Waals surface area contributed by atoms with Gasteiger partial charge in [-0.2, -0.15) is 5.10 Å². The van der Waals surface area contributed by atoms with Crippen molar-refractivity contribution in [3.8, 4) is 11.1 Å². The van der Waals surface area contributed by atoms with Crippen molar-refractivity contribution in [3.63, 3.8) is 0 Å². The first-order chi connectivity index (χ1) is 14.4. The summed E-state index contributed by atoms with van der Waals surface area (Å²) in [6.07, 6.45) is 2.01. The van der Waals surface area contributed by atoms with E-state index in [2.05, 4.69) is 10.4 Å². The molecular weight excluding hydrogens is 382 g/mol. The van der Waals surface area contributed by atoms with Crippen LogP contribution in [0.4, 0.5) is 10.6 Å². The summed E-state index contributed by atoms with van der Waals surface area (Å²) in [6.45, 7) is 1.81. The molecule has 2 N–H and O–H groups in total. The predicted octanol–water partition coefficient (Wildman–Crippen LogP) is 4.51. The number of anilines is 1. The van der Waals surface area contributed by atoms with E-state index in [9.17, 15) is 14.7 Å². The Labute approximate surface area is 174 Å². The fraction of sp³-hybridized carbons (Fsp3) is 0.261. The van der Waals surface area contributed by atoms with Crippen LogP contribution >= 0.6 is 0 Å². The molecule has 0 saturated heterocycles. The van der Waals surface area contributed by atoms with Crippen LogP contribution in [0.15, 0.2) is 60.8 Å². The van der Waals surface area contributed by atoms with Crippen LogP contribution in [0.3, 0.4) is 0 Å². The highest BCUT2D eigenvalue weighted by molar-refractivity contribution is 5.90. The number of carbonyl (C=O) groups is 2. The zero-order valence-electron chi connectivity index (χ0n) is 16.8. The Morgan fingerprint density at radius 2 is 1.80 bits per heavy atom. The molecule has 1 aliphatic carbocycles. The zero-order valence-corrected chi connectivity index (χ0v) is 16.8. The number of hydrogen-bond acceptors (Lipinski definition) is 4. The van der Waals surface area contributed by atoms with Gasteiger partial charge in [-0.3, -0.25) is 14.8 Å². The smallest absolute Gasteiger partial charge is 0.413 e. The van der Waals surface area contributed by atoms with Gasteiger partial charge in [-0.15, -0.1) is 0 Å². The van der Waals surface area contributed by atoms with Crippen molar-refractivity contribution >= 4 is 17.9 Å². The molecule has 1 heterocycles. The van der Waals surface area contributed by atoms with Crippen LogP contribution in [-0.2, 0) is 22.0 Å². The molecule has 7 nitrogen and oxygen atoms in total. The number of aryl methyl sites for hydroxylation is 1. The summed E-state index contributed by atoms with van der Waals surface area (Å²) in [6, 6.07) is 16.9. The summed E-state index contributed by atoms with van der Waals surface area (Å²) in [7, 11) is 1.73. The lowest BCUT2D eigenvalue weighted by atomic mass is 9.94. The maximum absolute atomic E-state index is 12.5. The van der Waals surface area contributed by atoms with E-state index in [1.54, 1.807) is 17.9 Å². The lowest BCUT2D eigenvalue weighted by molar-refractivity contribution is -0.140. The molecule has 1 aliphatic rings. The van der Waals surface area contributed by atoms with Crippen LogP contribution in [0.1, 0.15) is 37.0 Å². The van der Waals surface area contributed by atoms with Gasteiger partial charge >= 0.3 is 12.1 Å². The van der Waals surface area contributed by atoms with Gasteiger partial charge in [0, 0.05) is 12.6 Å². The molecule has 0 bridgehead atoms. The molecule has 0 aliphatic heterocycles. The van der Waals surface area contributed by atoms with E-state index in [1.165, 1.54) is 0 Å². The average Bonchev–Trinajstić information content (AvgIpc) is 3.49. The summed E-state index contributed by atoms with van der Waals surface area (Å²) in [5, 5.41) is 16.5. The van der Waals surface area contributed by atoms with Crippen LogP contribution < -0.4 is 5.32 Å². The lowest BCUT2D eigenvalue weighted by Gasteiger charge is -2.15. The van der Waals surface area contributed by atoms with Gasteiger partial charge < -0.3 is 9.84 Å². The predicted molar refractivity (Wildman–Crippen MR) is 112 cm³/mol. The number of ether oxygens (including phenoxy) is 1. The van der Waals surface area contributed by atoms with Crippen molar-refractivity contribution in [2.24, 2.45) is 7.05 Å². The first-order valence-electron chi connectivity index (χ1n) is 9.79. The molecule has 1 aromatic heterocycles. The fourth-order valence-corrected chi connectivity index (χ4v) is 3.60. The topological polar surface area (TPSA) is 93.4 Å². The fourth-order valence-electron chi connectivity index (χ4n) is 3.60. The molecule has 7 heteroatoms. The minimum Gasteiger partial charge on any atom is -0.481 e. The standard InChI is InChI=1S/C23H23N3O4/c1-15(16-6-4-3-5-7-16)30-22(29)25-20-19(14-24-26(20)2)17-8-10-18(11-9-17)23(12-13-23)21(27)28/h3-11,14-15H,12-13H2,1-2H3,(H,25,29)(H,27,28)/t15-/m1/s1. The van der Waals surface area contributed by atoms with E-state index in [0.717, 1.165) is 22.3 Å². The minimum atomic E-state index is -0.783. The number of benzene rings is 2. The molecule has 0 unspecified atom stereocenters. The van der Waals surface area contributed by atoms with Gasteiger partial charge in [-0.05, 0) is 36.5 Å². The number of amides is 1. The van der Waals surface area contributed by atoms with Gasteiger partial charge in [-0.1, -0.05) is 54.6 Å². The summed E-state index contributed by atoms with van der Waals surface area (Å²) in [5.74, 6) is -0.276. The second-order valence-corrected chi connectivity index (χ2v) is 7.58. The molecular formula is C23H23N3O4. The summed E-state index contributed by atoms with van der Waals surface area (Å²) in [5.41, 5.74) is 2.52. The number of aromatic nitrogens is 2. The van der Waals surface area contributed by atoms with Gasteiger partial charge in [0.25, 0.3) is 0 Å². The van der Waals surface area contributed by atoms with Crippen molar-refractivity contribution in [2.45, 2.75) is 31.3 Å². The molecule has 1 amide bonds.